The first-order valence-corrected chi connectivity index (χ1v) is 9.85. The lowest BCUT2D eigenvalue weighted by atomic mass is 9.87. The van der Waals surface area contributed by atoms with E-state index < -0.39 is 10.0 Å². The van der Waals surface area contributed by atoms with Crippen LogP contribution in [0.2, 0.25) is 0 Å². The number of piperidine rings is 1. The molecule has 2 heterocycles. The smallest absolute Gasteiger partial charge is 0.243 e. The third-order valence-corrected chi connectivity index (χ3v) is 7.13. The molecule has 0 saturated carbocycles. The second kappa shape index (κ2) is 6.38. The Morgan fingerprint density at radius 2 is 1.83 bits per heavy atom. The predicted octanol–water partition coefficient (Wildman–Crippen LogP) is 2.80. The first kappa shape index (κ1) is 16.7. The summed E-state index contributed by atoms with van der Waals surface area (Å²) in [6.45, 7) is 8.95. The van der Waals surface area contributed by atoms with Crippen LogP contribution in [0.1, 0.15) is 31.2 Å². The van der Waals surface area contributed by atoms with Crippen LogP contribution in [-0.2, 0) is 10.0 Å². The molecule has 1 aromatic carbocycles. The van der Waals surface area contributed by atoms with Crippen molar-refractivity contribution < 1.29 is 8.42 Å². The molecule has 126 valence electrons. The number of rotatable bonds is 4. The summed E-state index contributed by atoms with van der Waals surface area (Å²) in [5.41, 5.74) is 1.08. The van der Waals surface area contributed by atoms with Crippen LogP contribution in [0.3, 0.4) is 0 Å². The highest BCUT2D eigenvalue weighted by molar-refractivity contribution is 7.89. The predicted molar refractivity (Wildman–Crippen MR) is 92.9 cm³/mol. The van der Waals surface area contributed by atoms with Crippen LogP contribution in [0.5, 0.6) is 0 Å². The van der Waals surface area contributed by atoms with Gasteiger partial charge in [0.1, 0.15) is 0 Å². The second-order valence-electron chi connectivity index (χ2n) is 6.82. The van der Waals surface area contributed by atoms with Gasteiger partial charge in [-0.2, -0.15) is 4.31 Å². The normalized spacial score (nSPS) is 26.7. The molecule has 0 N–H and O–H groups in total. The van der Waals surface area contributed by atoms with Crippen molar-refractivity contribution in [3.8, 4) is 0 Å². The van der Waals surface area contributed by atoms with Crippen molar-refractivity contribution in [2.75, 3.05) is 26.2 Å². The van der Waals surface area contributed by atoms with E-state index in [1.54, 1.807) is 16.4 Å². The molecule has 23 heavy (non-hydrogen) atoms. The van der Waals surface area contributed by atoms with Gasteiger partial charge in [-0.15, -0.1) is 6.58 Å². The molecule has 1 atom stereocenters. The molecule has 5 heteroatoms. The molecule has 0 bridgehead atoms. The Kier molecular flexibility index (Phi) is 4.63. The molecule has 1 spiro atoms. The molecule has 3 rings (SSSR count). The fraction of sp³-hybridized carbons (Fsp3) is 0.556. The van der Waals surface area contributed by atoms with E-state index >= 15 is 0 Å². The van der Waals surface area contributed by atoms with Crippen molar-refractivity contribution in [2.45, 2.75) is 43.0 Å². The van der Waals surface area contributed by atoms with Crippen molar-refractivity contribution in [2.24, 2.45) is 0 Å². The molecular weight excluding hydrogens is 308 g/mol. The van der Waals surface area contributed by atoms with Gasteiger partial charge in [0.25, 0.3) is 0 Å². The van der Waals surface area contributed by atoms with Crippen LogP contribution in [0, 0.1) is 6.92 Å². The molecule has 2 aliphatic heterocycles. The van der Waals surface area contributed by atoms with Gasteiger partial charge in [-0.05, 0) is 51.3 Å². The number of aryl methyl sites for hydroxylation is 1. The summed E-state index contributed by atoms with van der Waals surface area (Å²) in [5, 5.41) is 0. The molecule has 0 aromatic heterocycles. The standard InChI is InChI=1S/C18H26N2O2S/c1-3-12-19-13-4-10-18(19)11-5-14-20(15-18)23(21,22)17-8-6-16(2)7-9-17/h3,6-9H,1,4-5,10-15H2,2H3/t18-/m0/s1. The number of benzene rings is 1. The van der Waals surface area contributed by atoms with E-state index in [1.807, 2.05) is 25.1 Å². The van der Waals surface area contributed by atoms with Crippen molar-refractivity contribution >= 4 is 10.0 Å². The summed E-state index contributed by atoms with van der Waals surface area (Å²) in [5.74, 6) is 0. The van der Waals surface area contributed by atoms with Gasteiger partial charge in [-0.3, -0.25) is 4.90 Å². The molecule has 2 aliphatic rings. The fourth-order valence-electron chi connectivity index (χ4n) is 4.03. The average Bonchev–Trinajstić information content (AvgIpc) is 2.90. The number of likely N-dealkylation sites (tertiary alicyclic amines) is 1. The summed E-state index contributed by atoms with van der Waals surface area (Å²) in [4.78, 5) is 2.84. The van der Waals surface area contributed by atoms with Crippen LogP contribution in [0.4, 0.5) is 0 Å². The molecule has 2 fully saturated rings. The number of sulfonamides is 1. The van der Waals surface area contributed by atoms with E-state index in [0.717, 1.165) is 44.3 Å². The average molecular weight is 334 g/mol. The quantitative estimate of drug-likeness (QED) is 0.795. The van der Waals surface area contributed by atoms with Crippen LogP contribution in [0.15, 0.2) is 41.8 Å². The molecule has 2 saturated heterocycles. The molecule has 0 aliphatic carbocycles. The molecule has 4 nitrogen and oxygen atoms in total. The van der Waals surface area contributed by atoms with Gasteiger partial charge < -0.3 is 0 Å². The zero-order chi connectivity index (χ0) is 16.5. The third kappa shape index (κ3) is 3.10. The molecular formula is C18H26N2O2S. The van der Waals surface area contributed by atoms with Crippen molar-refractivity contribution in [1.29, 1.82) is 0 Å². The van der Waals surface area contributed by atoms with Gasteiger partial charge in [0.05, 0.1) is 4.90 Å². The molecule has 0 unspecified atom stereocenters. The maximum Gasteiger partial charge on any atom is 0.243 e. The number of nitrogens with zero attached hydrogens (tertiary/aromatic N) is 2. The third-order valence-electron chi connectivity index (χ3n) is 5.27. The molecule has 0 amide bonds. The highest BCUT2D eigenvalue weighted by Gasteiger charge is 2.45. The van der Waals surface area contributed by atoms with Crippen molar-refractivity contribution in [1.82, 2.24) is 9.21 Å². The van der Waals surface area contributed by atoms with Gasteiger partial charge in [-0.1, -0.05) is 23.8 Å². The Labute approximate surface area is 139 Å². The van der Waals surface area contributed by atoms with Crippen LogP contribution >= 0.6 is 0 Å². The van der Waals surface area contributed by atoms with E-state index in [1.165, 1.54) is 0 Å². The Morgan fingerprint density at radius 3 is 2.48 bits per heavy atom. The van der Waals surface area contributed by atoms with Crippen LogP contribution in [-0.4, -0.2) is 49.3 Å². The largest absolute Gasteiger partial charge is 0.293 e. The summed E-state index contributed by atoms with van der Waals surface area (Å²) < 4.78 is 27.7. The maximum atomic E-state index is 13.0. The number of hydrogen-bond acceptors (Lipinski definition) is 3. The lowest BCUT2D eigenvalue weighted by molar-refractivity contribution is 0.0841. The van der Waals surface area contributed by atoms with Crippen LogP contribution in [0.25, 0.3) is 0 Å². The lowest BCUT2D eigenvalue weighted by Crippen LogP contribution is -2.56. The minimum Gasteiger partial charge on any atom is -0.293 e. The van der Waals surface area contributed by atoms with E-state index in [4.69, 9.17) is 0 Å². The van der Waals surface area contributed by atoms with E-state index in [2.05, 4.69) is 11.5 Å². The Hall–Kier alpha value is -1.17. The van der Waals surface area contributed by atoms with E-state index in [9.17, 15) is 8.42 Å². The zero-order valence-corrected chi connectivity index (χ0v) is 14.7. The van der Waals surface area contributed by atoms with Gasteiger partial charge >= 0.3 is 0 Å². The summed E-state index contributed by atoms with van der Waals surface area (Å²) in [6, 6.07) is 7.18. The monoisotopic (exact) mass is 334 g/mol. The van der Waals surface area contributed by atoms with Gasteiger partial charge in [0.15, 0.2) is 0 Å². The molecule has 1 aromatic rings. The Balaban J connectivity index is 1.85. The fourth-order valence-corrected chi connectivity index (χ4v) is 5.59. The highest BCUT2D eigenvalue weighted by Crippen LogP contribution is 2.38. The first-order valence-electron chi connectivity index (χ1n) is 8.41. The minimum absolute atomic E-state index is 0.00417. The SMILES string of the molecule is C=CCN1CCC[C@@]12CCCN(S(=O)(=O)c1ccc(C)cc1)C2. The van der Waals surface area contributed by atoms with E-state index in [-0.39, 0.29) is 5.54 Å². The maximum absolute atomic E-state index is 13.0. The minimum atomic E-state index is -3.40. The summed E-state index contributed by atoms with van der Waals surface area (Å²) in [7, 11) is -3.40. The Bertz CT molecular complexity index is 669. The van der Waals surface area contributed by atoms with Gasteiger partial charge in [0, 0.05) is 25.2 Å². The zero-order valence-electron chi connectivity index (χ0n) is 13.9. The Morgan fingerprint density at radius 1 is 1.17 bits per heavy atom. The molecule has 0 radical (unpaired) electrons. The summed E-state index contributed by atoms with van der Waals surface area (Å²) >= 11 is 0. The number of hydrogen-bond donors (Lipinski definition) is 0. The van der Waals surface area contributed by atoms with Crippen molar-refractivity contribution in [3.63, 3.8) is 0 Å². The van der Waals surface area contributed by atoms with Crippen LogP contribution < -0.4 is 0 Å². The topological polar surface area (TPSA) is 40.6 Å². The van der Waals surface area contributed by atoms with Gasteiger partial charge in [-0.25, -0.2) is 8.42 Å². The summed E-state index contributed by atoms with van der Waals surface area (Å²) in [6.07, 6.45) is 6.17. The van der Waals surface area contributed by atoms with E-state index in [0.29, 0.717) is 18.0 Å². The van der Waals surface area contributed by atoms with Gasteiger partial charge in [0.2, 0.25) is 10.0 Å². The highest BCUT2D eigenvalue weighted by atomic mass is 32.2. The second-order valence-corrected chi connectivity index (χ2v) is 8.76. The van der Waals surface area contributed by atoms with Crippen molar-refractivity contribution in [3.05, 3.63) is 42.5 Å². The first-order chi connectivity index (χ1) is 11.0. The lowest BCUT2D eigenvalue weighted by Gasteiger charge is -2.45.